The van der Waals surface area contributed by atoms with Gasteiger partial charge in [-0.25, -0.2) is 9.59 Å². The molecular weight excluding hydrogens is 174 g/mol. The van der Waals surface area contributed by atoms with Crippen molar-refractivity contribution in [3.05, 3.63) is 12.7 Å². The minimum atomic E-state index is -0.359. The molecule has 5 nitrogen and oxygen atoms in total. The molecule has 0 aromatic carbocycles. The first kappa shape index (κ1) is 11.5. The van der Waals surface area contributed by atoms with Crippen LogP contribution in [0.25, 0.3) is 0 Å². The molecule has 0 aromatic heterocycles. The van der Waals surface area contributed by atoms with E-state index in [2.05, 4.69) is 21.4 Å². The Morgan fingerprint density at radius 1 is 1.85 bits per heavy atom. The highest BCUT2D eigenvalue weighted by Gasteiger charge is 2.06. The summed E-state index contributed by atoms with van der Waals surface area (Å²) in [7, 11) is 0. The molecule has 1 N–H and O–H groups in total. The molecule has 0 aromatic rings. The van der Waals surface area contributed by atoms with Crippen molar-refractivity contribution in [3.63, 3.8) is 0 Å². The highest BCUT2D eigenvalue weighted by molar-refractivity contribution is 5.81. The molecule has 13 heavy (non-hydrogen) atoms. The van der Waals surface area contributed by atoms with Crippen molar-refractivity contribution in [1.29, 1.82) is 0 Å². The van der Waals surface area contributed by atoms with Gasteiger partial charge in [-0.3, -0.25) is 0 Å². The smallest absolute Gasteiger partial charge is 0.407 e. The van der Waals surface area contributed by atoms with E-state index in [1.54, 1.807) is 6.92 Å². The third-order valence-electron chi connectivity index (χ3n) is 1.06. The van der Waals surface area contributed by atoms with E-state index in [0.29, 0.717) is 19.8 Å². The summed E-state index contributed by atoms with van der Waals surface area (Å²) in [4.78, 5) is 20.0. The van der Waals surface area contributed by atoms with Gasteiger partial charge in [-0.05, 0) is 6.92 Å². The summed E-state index contributed by atoms with van der Waals surface area (Å²) < 4.78 is 8.84. The average molecular weight is 187 g/mol. The molecule has 0 saturated carbocycles. The molecule has 74 valence electrons. The predicted molar refractivity (Wildman–Crippen MR) is 46.2 cm³/mol. The SMILES string of the molecule is C=CC(=O)OCC.O=C1NCCO1. The first-order valence-electron chi connectivity index (χ1n) is 3.90. The molecule has 1 rings (SSSR count). The second kappa shape index (κ2) is 7.15. The Morgan fingerprint density at radius 2 is 2.54 bits per heavy atom. The normalized spacial score (nSPS) is 13.2. The molecule has 5 heteroatoms. The fraction of sp³-hybridized carbons (Fsp3) is 0.500. The Labute approximate surface area is 76.7 Å². The highest BCUT2D eigenvalue weighted by atomic mass is 16.6. The number of cyclic esters (lactones) is 1. The van der Waals surface area contributed by atoms with E-state index in [-0.39, 0.29) is 12.1 Å². The van der Waals surface area contributed by atoms with E-state index in [1.807, 2.05) is 0 Å². The Balaban J connectivity index is 0.000000223. The maximum absolute atomic E-state index is 10.1. The summed E-state index contributed by atoms with van der Waals surface area (Å²) >= 11 is 0. The van der Waals surface area contributed by atoms with Gasteiger partial charge in [0.1, 0.15) is 6.61 Å². The minimum absolute atomic E-state index is 0.296. The fourth-order valence-electron chi connectivity index (χ4n) is 0.549. The topological polar surface area (TPSA) is 64.6 Å². The van der Waals surface area contributed by atoms with Crippen LogP contribution >= 0.6 is 0 Å². The number of hydrogen-bond acceptors (Lipinski definition) is 4. The molecule has 0 spiro atoms. The Bertz CT molecular complexity index is 183. The molecule has 0 unspecified atom stereocenters. The molecule has 1 aliphatic heterocycles. The van der Waals surface area contributed by atoms with Crippen LogP contribution in [0.3, 0.4) is 0 Å². The van der Waals surface area contributed by atoms with Gasteiger partial charge in [0.05, 0.1) is 13.2 Å². The van der Waals surface area contributed by atoms with Crippen molar-refractivity contribution in [2.45, 2.75) is 6.92 Å². The summed E-state index contributed by atoms with van der Waals surface area (Å²) in [5.41, 5.74) is 0. The first-order valence-corrected chi connectivity index (χ1v) is 3.90. The number of esters is 1. The van der Waals surface area contributed by atoms with Crippen LogP contribution in [0, 0.1) is 0 Å². The van der Waals surface area contributed by atoms with Crippen LogP contribution < -0.4 is 5.32 Å². The third kappa shape index (κ3) is 6.86. The highest BCUT2D eigenvalue weighted by Crippen LogP contribution is 1.82. The van der Waals surface area contributed by atoms with Gasteiger partial charge in [0.15, 0.2) is 0 Å². The maximum atomic E-state index is 10.1. The number of hydrogen-bond donors (Lipinski definition) is 1. The number of carbonyl (C=O) groups is 2. The molecule has 1 heterocycles. The third-order valence-corrected chi connectivity index (χ3v) is 1.06. The van der Waals surface area contributed by atoms with E-state index in [1.165, 1.54) is 0 Å². The van der Waals surface area contributed by atoms with Gasteiger partial charge >= 0.3 is 12.1 Å². The summed E-state index contributed by atoms with van der Waals surface area (Å²) in [6, 6.07) is 0. The number of alkyl carbamates (subject to hydrolysis) is 1. The van der Waals surface area contributed by atoms with Crippen LogP contribution in [-0.4, -0.2) is 31.8 Å². The van der Waals surface area contributed by atoms with Crippen LogP contribution in [0.15, 0.2) is 12.7 Å². The molecule has 0 bridgehead atoms. The van der Waals surface area contributed by atoms with Crippen LogP contribution in [-0.2, 0) is 14.3 Å². The van der Waals surface area contributed by atoms with Gasteiger partial charge < -0.3 is 14.8 Å². The molecule has 0 aliphatic carbocycles. The number of nitrogens with one attached hydrogen (secondary N) is 1. The summed E-state index contributed by atoms with van der Waals surface area (Å²) in [6.07, 6.45) is 0.846. The largest absolute Gasteiger partial charge is 0.463 e. The molecule has 1 amide bonds. The van der Waals surface area contributed by atoms with Gasteiger partial charge in [0, 0.05) is 6.08 Å². The lowest BCUT2D eigenvalue weighted by molar-refractivity contribution is -0.137. The lowest BCUT2D eigenvalue weighted by atomic mass is 10.6. The van der Waals surface area contributed by atoms with Crippen LogP contribution in [0.2, 0.25) is 0 Å². The standard InChI is InChI=1S/C5H8O2.C3H5NO2/c1-3-5(6)7-4-2;5-3-4-1-2-6-3/h3H,1,4H2,2H3;1-2H2,(H,4,5). The number of rotatable bonds is 2. The van der Waals surface area contributed by atoms with E-state index in [0.717, 1.165) is 6.08 Å². The average Bonchev–Trinajstić information content (AvgIpc) is 2.57. The van der Waals surface area contributed by atoms with Crippen molar-refractivity contribution in [3.8, 4) is 0 Å². The number of ether oxygens (including phenoxy) is 2. The quantitative estimate of drug-likeness (QED) is 0.504. The van der Waals surface area contributed by atoms with E-state index < -0.39 is 0 Å². The second-order valence-corrected chi connectivity index (χ2v) is 2.02. The first-order chi connectivity index (χ1) is 6.20. The predicted octanol–water partition coefficient (Wildman–Crippen LogP) is 0.462. The zero-order valence-corrected chi connectivity index (χ0v) is 7.54. The van der Waals surface area contributed by atoms with Crippen LogP contribution in [0.5, 0.6) is 0 Å². The molecule has 1 aliphatic rings. The van der Waals surface area contributed by atoms with Gasteiger partial charge in [0.2, 0.25) is 0 Å². The van der Waals surface area contributed by atoms with E-state index in [4.69, 9.17) is 0 Å². The number of carbonyl (C=O) groups excluding carboxylic acids is 2. The Kier molecular flexibility index (Phi) is 6.31. The van der Waals surface area contributed by atoms with Gasteiger partial charge in [-0.1, -0.05) is 6.58 Å². The summed E-state index contributed by atoms with van der Waals surface area (Å²) in [5.74, 6) is -0.359. The van der Waals surface area contributed by atoms with E-state index >= 15 is 0 Å². The van der Waals surface area contributed by atoms with Gasteiger partial charge in [-0.15, -0.1) is 0 Å². The molecule has 1 saturated heterocycles. The second-order valence-electron chi connectivity index (χ2n) is 2.02. The van der Waals surface area contributed by atoms with Crippen molar-refractivity contribution in [1.82, 2.24) is 5.32 Å². The van der Waals surface area contributed by atoms with E-state index in [9.17, 15) is 9.59 Å². The lowest BCUT2D eigenvalue weighted by Gasteiger charge is -1.90. The van der Waals surface area contributed by atoms with Gasteiger partial charge in [-0.2, -0.15) is 0 Å². The summed E-state index contributed by atoms with van der Waals surface area (Å²) in [5, 5.41) is 2.46. The zero-order valence-electron chi connectivity index (χ0n) is 7.54. The Morgan fingerprint density at radius 3 is 2.69 bits per heavy atom. The molecule has 1 fully saturated rings. The summed E-state index contributed by atoms with van der Waals surface area (Å²) in [6.45, 7) is 6.57. The van der Waals surface area contributed by atoms with Crippen molar-refractivity contribution in [2.24, 2.45) is 0 Å². The zero-order chi connectivity index (χ0) is 10.1. The minimum Gasteiger partial charge on any atom is -0.463 e. The fourth-order valence-corrected chi connectivity index (χ4v) is 0.549. The Hall–Kier alpha value is -1.52. The monoisotopic (exact) mass is 187 g/mol. The molecular formula is C8H13NO4. The molecule has 0 atom stereocenters. The van der Waals surface area contributed by atoms with Crippen molar-refractivity contribution in [2.75, 3.05) is 19.8 Å². The maximum Gasteiger partial charge on any atom is 0.407 e. The van der Waals surface area contributed by atoms with Crippen LogP contribution in [0.4, 0.5) is 4.79 Å². The van der Waals surface area contributed by atoms with Crippen molar-refractivity contribution < 1.29 is 19.1 Å². The molecule has 0 radical (unpaired) electrons. The number of amides is 1. The lowest BCUT2D eigenvalue weighted by Crippen LogP contribution is -2.11. The van der Waals surface area contributed by atoms with Crippen molar-refractivity contribution >= 4 is 12.1 Å². The van der Waals surface area contributed by atoms with Gasteiger partial charge in [0.25, 0.3) is 0 Å². The van der Waals surface area contributed by atoms with Crippen LogP contribution in [0.1, 0.15) is 6.92 Å².